The molecule has 154 valence electrons. The van der Waals surface area contributed by atoms with Gasteiger partial charge in [0.25, 0.3) is 0 Å². The van der Waals surface area contributed by atoms with Gasteiger partial charge in [-0.15, -0.1) is 12.4 Å². The maximum atomic E-state index is 12.6. The first kappa shape index (κ1) is 22.2. The van der Waals surface area contributed by atoms with E-state index in [1.54, 1.807) is 0 Å². The van der Waals surface area contributed by atoms with Gasteiger partial charge < -0.3 is 19.9 Å². The number of piperidine rings is 1. The van der Waals surface area contributed by atoms with Crippen molar-refractivity contribution in [3.8, 4) is 5.75 Å². The highest BCUT2D eigenvalue weighted by molar-refractivity contribution is 5.85. The molecule has 1 atom stereocenters. The van der Waals surface area contributed by atoms with E-state index in [4.69, 9.17) is 15.0 Å². The Balaban J connectivity index is 0.00000280. The van der Waals surface area contributed by atoms with Gasteiger partial charge in [-0.25, -0.2) is 0 Å². The molecule has 7 heteroatoms. The van der Waals surface area contributed by atoms with E-state index in [9.17, 15) is 4.79 Å². The van der Waals surface area contributed by atoms with Crippen molar-refractivity contribution >= 4 is 18.3 Å². The highest BCUT2D eigenvalue weighted by Crippen LogP contribution is 2.28. The van der Waals surface area contributed by atoms with Crippen LogP contribution in [0.1, 0.15) is 42.8 Å². The van der Waals surface area contributed by atoms with E-state index in [0.717, 1.165) is 41.3 Å². The number of amides is 1. The highest BCUT2D eigenvalue weighted by Gasteiger charge is 2.35. The number of hydrogen-bond donors (Lipinski definition) is 1. The number of aryl methyl sites for hydroxylation is 2. The van der Waals surface area contributed by atoms with Crippen LogP contribution >= 0.6 is 12.4 Å². The molecule has 1 aromatic heterocycles. The summed E-state index contributed by atoms with van der Waals surface area (Å²) in [6.45, 7) is 9.90. The van der Waals surface area contributed by atoms with E-state index in [2.05, 4.69) is 19.0 Å². The number of carbonyl (C=O) groups excluding carboxylic acids is 1. The standard InChI is InChI=1S/C21H29N3O3.ClH/c1-14-18(15(2)27-23-14)12-26-17-7-5-16(6-8-17)11-20(25)24-10-9-19(22)21(3,4)13-24;/h5-8,19H,9-13,22H2,1-4H3;1H. The van der Waals surface area contributed by atoms with Gasteiger partial charge in [0.15, 0.2) is 0 Å². The van der Waals surface area contributed by atoms with Crippen LogP contribution in [0.5, 0.6) is 5.75 Å². The largest absolute Gasteiger partial charge is 0.489 e. The Morgan fingerprint density at radius 3 is 2.57 bits per heavy atom. The maximum absolute atomic E-state index is 12.6. The van der Waals surface area contributed by atoms with E-state index in [0.29, 0.717) is 19.6 Å². The third-order valence-electron chi connectivity index (χ3n) is 5.51. The second-order valence-electron chi connectivity index (χ2n) is 8.11. The molecule has 0 saturated carbocycles. The third kappa shape index (κ3) is 5.06. The molecule has 0 bridgehead atoms. The number of nitrogens with two attached hydrogens (primary N) is 1. The number of rotatable bonds is 5. The van der Waals surface area contributed by atoms with Gasteiger partial charge in [-0.3, -0.25) is 4.79 Å². The summed E-state index contributed by atoms with van der Waals surface area (Å²) in [6, 6.07) is 7.84. The van der Waals surface area contributed by atoms with Gasteiger partial charge in [-0.2, -0.15) is 0 Å². The number of ether oxygens (including phenoxy) is 1. The predicted octanol–water partition coefficient (Wildman–Crippen LogP) is 3.42. The number of aromatic nitrogens is 1. The fourth-order valence-corrected chi connectivity index (χ4v) is 3.44. The molecular formula is C21H30ClN3O3. The van der Waals surface area contributed by atoms with Crippen LogP contribution in [0, 0.1) is 19.3 Å². The molecule has 0 spiro atoms. The number of hydrogen-bond acceptors (Lipinski definition) is 5. The molecule has 1 unspecified atom stereocenters. The van der Waals surface area contributed by atoms with E-state index in [1.165, 1.54) is 0 Å². The summed E-state index contributed by atoms with van der Waals surface area (Å²) in [5.41, 5.74) is 8.93. The van der Waals surface area contributed by atoms with Crippen LogP contribution in [0.4, 0.5) is 0 Å². The average molecular weight is 408 g/mol. The van der Waals surface area contributed by atoms with Crippen LogP contribution in [0.25, 0.3) is 0 Å². The van der Waals surface area contributed by atoms with Gasteiger partial charge in [0.05, 0.1) is 17.7 Å². The molecule has 1 fully saturated rings. The fourth-order valence-electron chi connectivity index (χ4n) is 3.44. The maximum Gasteiger partial charge on any atom is 0.227 e. The molecule has 28 heavy (non-hydrogen) atoms. The molecule has 1 aromatic carbocycles. The Bertz CT molecular complexity index is 782. The van der Waals surface area contributed by atoms with Crippen molar-refractivity contribution in [3.63, 3.8) is 0 Å². The quantitative estimate of drug-likeness (QED) is 0.821. The monoisotopic (exact) mass is 407 g/mol. The Morgan fingerprint density at radius 2 is 2.00 bits per heavy atom. The van der Waals surface area contributed by atoms with Crippen LogP contribution in [0.3, 0.4) is 0 Å². The second kappa shape index (κ2) is 8.97. The molecule has 2 N–H and O–H groups in total. The van der Waals surface area contributed by atoms with Crippen LogP contribution in [-0.4, -0.2) is 35.1 Å². The van der Waals surface area contributed by atoms with Crippen LogP contribution in [0.2, 0.25) is 0 Å². The van der Waals surface area contributed by atoms with Gasteiger partial charge in [-0.1, -0.05) is 31.1 Å². The fraction of sp³-hybridized carbons (Fsp3) is 0.524. The first-order valence-electron chi connectivity index (χ1n) is 9.43. The topological polar surface area (TPSA) is 81.6 Å². The highest BCUT2D eigenvalue weighted by atomic mass is 35.5. The third-order valence-corrected chi connectivity index (χ3v) is 5.51. The minimum Gasteiger partial charge on any atom is -0.489 e. The zero-order valence-electron chi connectivity index (χ0n) is 17.0. The van der Waals surface area contributed by atoms with Gasteiger partial charge in [0.2, 0.25) is 5.91 Å². The SMILES string of the molecule is Cc1noc(C)c1COc1ccc(CC(=O)N2CCC(N)C(C)(C)C2)cc1.Cl. The normalized spacial score (nSPS) is 18.5. The van der Waals surface area contributed by atoms with E-state index < -0.39 is 0 Å². The molecule has 0 radical (unpaired) electrons. The molecule has 2 aromatic rings. The summed E-state index contributed by atoms with van der Waals surface area (Å²) in [7, 11) is 0. The number of benzene rings is 1. The van der Waals surface area contributed by atoms with Gasteiger partial charge in [0, 0.05) is 19.1 Å². The summed E-state index contributed by atoms with van der Waals surface area (Å²) in [5.74, 6) is 1.69. The number of nitrogens with zero attached hydrogens (tertiary/aromatic N) is 2. The average Bonchev–Trinajstić information content (AvgIpc) is 2.94. The summed E-state index contributed by atoms with van der Waals surface area (Å²) in [6.07, 6.45) is 1.25. The Hall–Kier alpha value is -2.05. The van der Waals surface area contributed by atoms with Crippen LogP contribution < -0.4 is 10.5 Å². The first-order chi connectivity index (χ1) is 12.8. The zero-order chi connectivity index (χ0) is 19.6. The van der Waals surface area contributed by atoms with Crippen molar-refractivity contribution in [3.05, 3.63) is 46.8 Å². The van der Waals surface area contributed by atoms with E-state index in [1.807, 2.05) is 43.0 Å². The van der Waals surface area contributed by atoms with E-state index in [-0.39, 0.29) is 29.8 Å². The molecule has 1 saturated heterocycles. The lowest BCUT2D eigenvalue weighted by molar-refractivity contribution is -0.133. The summed E-state index contributed by atoms with van der Waals surface area (Å²) in [5, 5.41) is 3.93. The predicted molar refractivity (Wildman–Crippen MR) is 111 cm³/mol. The first-order valence-corrected chi connectivity index (χ1v) is 9.43. The van der Waals surface area contributed by atoms with Crippen LogP contribution in [-0.2, 0) is 17.8 Å². The molecular weight excluding hydrogens is 378 g/mol. The minimum atomic E-state index is -0.0379. The lowest BCUT2D eigenvalue weighted by Gasteiger charge is -2.42. The number of halogens is 1. The van der Waals surface area contributed by atoms with Crippen molar-refractivity contribution in [2.75, 3.05) is 13.1 Å². The van der Waals surface area contributed by atoms with Gasteiger partial charge >= 0.3 is 0 Å². The van der Waals surface area contributed by atoms with Crippen LogP contribution in [0.15, 0.2) is 28.8 Å². The zero-order valence-corrected chi connectivity index (χ0v) is 17.8. The van der Waals surface area contributed by atoms with Gasteiger partial charge in [0.1, 0.15) is 18.1 Å². The Kier molecular flexibility index (Phi) is 7.12. The lowest BCUT2D eigenvalue weighted by atomic mass is 9.79. The Morgan fingerprint density at radius 1 is 1.32 bits per heavy atom. The molecule has 1 aliphatic heterocycles. The minimum absolute atomic E-state index is 0. The second-order valence-corrected chi connectivity index (χ2v) is 8.11. The van der Waals surface area contributed by atoms with Gasteiger partial charge in [-0.05, 0) is 43.4 Å². The van der Waals surface area contributed by atoms with Crippen molar-refractivity contribution < 1.29 is 14.1 Å². The molecule has 1 aliphatic rings. The summed E-state index contributed by atoms with van der Waals surface area (Å²) in [4.78, 5) is 14.6. The van der Waals surface area contributed by atoms with Crippen molar-refractivity contribution in [1.82, 2.24) is 10.1 Å². The summed E-state index contributed by atoms with van der Waals surface area (Å²) < 4.78 is 11.0. The lowest BCUT2D eigenvalue weighted by Crippen LogP contribution is -2.54. The number of likely N-dealkylation sites (tertiary alicyclic amines) is 1. The van der Waals surface area contributed by atoms with Crippen molar-refractivity contribution in [2.45, 2.75) is 53.2 Å². The Labute approximate surface area is 172 Å². The molecule has 3 rings (SSSR count). The molecule has 1 amide bonds. The summed E-state index contributed by atoms with van der Waals surface area (Å²) >= 11 is 0. The van der Waals surface area contributed by atoms with E-state index >= 15 is 0 Å². The van der Waals surface area contributed by atoms with Crippen molar-refractivity contribution in [2.24, 2.45) is 11.1 Å². The number of carbonyl (C=O) groups is 1. The smallest absolute Gasteiger partial charge is 0.227 e. The molecule has 0 aliphatic carbocycles. The molecule has 6 nitrogen and oxygen atoms in total. The molecule has 2 heterocycles. The van der Waals surface area contributed by atoms with Crippen molar-refractivity contribution in [1.29, 1.82) is 0 Å².